The number of hydrogen-bond donors (Lipinski definition) is 1. The lowest BCUT2D eigenvalue weighted by molar-refractivity contribution is -0.147. The second-order valence-electron chi connectivity index (χ2n) is 5.96. The number of anilines is 1. The monoisotopic (exact) mass is 400 g/mol. The van der Waals surface area contributed by atoms with Crippen molar-refractivity contribution in [3.63, 3.8) is 0 Å². The van der Waals surface area contributed by atoms with Gasteiger partial charge < -0.3 is 10.1 Å². The molecule has 8 nitrogen and oxygen atoms in total. The Morgan fingerprint density at radius 3 is 2.79 bits per heavy atom. The first-order valence-electron chi connectivity index (χ1n) is 8.46. The first kappa shape index (κ1) is 19.5. The summed E-state index contributed by atoms with van der Waals surface area (Å²) in [5.41, 5.74) is 0.726. The molecule has 1 amide bonds. The number of hydrogen-bond acceptors (Lipinski definition) is 6. The molecule has 0 saturated carbocycles. The van der Waals surface area contributed by atoms with E-state index in [4.69, 9.17) is 16.3 Å². The number of rotatable bonds is 6. The molecule has 28 heavy (non-hydrogen) atoms. The highest BCUT2D eigenvalue weighted by molar-refractivity contribution is 6.32. The maximum Gasteiger partial charge on any atom is 0.306 e. The zero-order valence-corrected chi connectivity index (χ0v) is 15.8. The number of esters is 1. The summed E-state index contributed by atoms with van der Waals surface area (Å²) >= 11 is 5.85. The fourth-order valence-electron chi connectivity index (χ4n) is 2.59. The van der Waals surface area contributed by atoms with Crippen LogP contribution in [0.5, 0.6) is 0 Å². The van der Waals surface area contributed by atoms with E-state index in [9.17, 15) is 14.4 Å². The third-order valence-electron chi connectivity index (χ3n) is 4.03. The van der Waals surface area contributed by atoms with Gasteiger partial charge in [0.2, 0.25) is 0 Å². The van der Waals surface area contributed by atoms with Gasteiger partial charge in [-0.2, -0.15) is 0 Å². The van der Waals surface area contributed by atoms with E-state index < -0.39 is 18.5 Å². The molecule has 0 unspecified atom stereocenters. The Balaban J connectivity index is 1.55. The Morgan fingerprint density at radius 1 is 1.21 bits per heavy atom. The predicted molar refractivity (Wildman–Crippen MR) is 104 cm³/mol. The molecular weight excluding hydrogens is 384 g/mol. The molecule has 0 aliphatic heterocycles. The van der Waals surface area contributed by atoms with Gasteiger partial charge in [-0.25, -0.2) is 9.97 Å². The van der Waals surface area contributed by atoms with Crippen LogP contribution in [-0.2, 0) is 27.8 Å². The number of fused-ring (bicyclic) bond motifs is 1. The third kappa shape index (κ3) is 4.52. The van der Waals surface area contributed by atoms with Crippen LogP contribution < -0.4 is 10.9 Å². The number of halogens is 1. The average molecular weight is 401 g/mol. The number of aromatic nitrogens is 3. The molecule has 3 aromatic rings. The highest BCUT2D eigenvalue weighted by Gasteiger charge is 2.13. The largest absolute Gasteiger partial charge is 0.456 e. The van der Waals surface area contributed by atoms with Gasteiger partial charge in [0.15, 0.2) is 11.8 Å². The van der Waals surface area contributed by atoms with Crippen molar-refractivity contribution >= 4 is 40.1 Å². The van der Waals surface area contributed by atoms with E-state index in [0.29, 0.717) is 22.4 Å². The Bertz CT molecular complexity index is 1100. The third-order valence-corrected chi connectivity index (χ3v) is 4.33. The van der Waals surface area contributed by atoms with Crippen LogP contribution in [0, 0.1) is 0 Å². The van der Waals surface area contributed by atoms with Gasteiger partial charge in [0.05, 0.1) is 23.0 Å². The van der Waals surface area contributed by atoms with E-state index in [1.165, 1.54) is 10.8 Å². The summed E-state index contributed by atoms with van der Waals surface area (Å²) < 4.78 is 6.38. The number of nitrogens with zero attached hydrogens (tertiary/aromatic N) is 3. The quantitative estimate of drug-likeness (QED) is 0.502. The van der Waals surface area contributed by atoms with E-state index in [1.54, 1.807) is 43.4 Å². The number of carbonyl (C=O) groups is 2. The normalized spacial score (nSPS) is 10.6. The molecule has 1 aromatic carbocycles. The van der Waals surface area contributed by atoms with Crippen LogP contribution in [0.25, 0.3) is 10.9 Å². The molecule has 9 heteroatoms. The number of aryl methyl sites for hydroxylation is 1. The van der Waals surface area contributed by atoms with E-state index in [1.807, 2.05) is 0 Å². The van der Waals surface area contributed by atoms with Crippen molar-refractivity contribution < 1.29 is 14.3 Å². The molecule has 3 rings (SSSR count). The molecule has 0 saturated heterocycles. The van der Waals surface area contributed by atoms with Gasteiger partial charge in [-0.05, 0) is 24.3 Å². The number of amides is 1. The molecule has 2 aromatic heterocycles. The number of carbonyl (C=O) groups excluding carboxylic acids is 2. The smallest absolute Gasteiger partial charge is 0.306 e. The molecule has 1 N–H and O–H groups in total. The highest BCUT2D eigenvalue weighted by Crippen LogP contribution is 2.17. The summed E-state index contributed by atoms with van der Waals surface area (Å²) in [5.74, 6) is -0.637. The molecule has 0 atom stereocenters. The van der Waals surface area contributed by atoms with Gasteiger partial charge in [-0.3, -0.25) is 19.0 Å². The van der Waals surface area contributed by atoms with Crippen LogP contribution >= 0.6 is 11.6 Å². The molecule has 144 valence electrons. The summed E-state index contributed by atoms with van der Waals surface area (Å²) in [7, 11) is 1.60. The Labute approximate surface area is 165 Å². The van der Waals surface area contributed by atoms with E-state index in [-0.39, 0.29) is 23.6 Å². The minimum Gasteiger partial charge on any atom is -0.456 e. The first-order valence-corrected chi connectivity index (χ1v) is 8.84. The van der Waals surface area contributed by atoms with Crippen molar-refractivity contribution in [3.05, 3.63) is 63.9 Å². The minimum atomic E-state index is -0.574. The van der Waals surface area contributed by atoms with E-state index in [2.05, 4.69) is 15.3 Å². The number of ether oxygens (including phenoxy) is 1. The van der Waals surface area contributed by atoms with Gasteiger partial charge in [0.25, 0.3) is 11.5 Å². The Hall–Kier alpha value is -3.26. The lowest BCUT2D eigenvalue weighted by atomic mass is 10.2. The summed E-state index contributed by atoms with van der Waals surface area (Å²) in [6.45, 7) is -0.450. The van der Waals surface area contributed by atoms with Crippen molar-refractivity contribution in [1.82, 2.24) is 14.5 Å². The molecule has 0 spiro atoms. The number of pyridine rings is 1. The van der Waals surface area contributed by atoms with Gasteiger partial charge in [-0.1, -0.05) is 23.7 Å². The molecule has 2 heterocycles. The number of nitrogens with one attached hydrogen (secondary N) is 1. The minimum absolute atomic E-state index is 0.0143. The van der Waals surface area contributed by atoms with Crippen LogP contribution in [0.1, 0.15) is 12.2 Å². The molecular formula is C19H17ClN4O4. The van der Waals surface area contributed by atoms with E-state index in [0.717, 1.165) is 0 Å². The summed E-state index contributed by atoms with van der Waals surface area (Å²) in [6, 6.07) is 10.2. The van der Waals surface area contributed by atoms with Crippen molar-refractivity contribution in [1.29, 1.82) is 0 Å². The van der Waals surface area contributed by atoms with Gasteiger partial charge in [-0.15, -0.1) is 0 Å². The molecule has 0 radical (unpaired) electrons. The Kier molecular flexibility index (Phi) is 6.00. The van der Waals surface area contributed by atoms with Crippen molar-refractivity contribution in [2.24, 2.45) is 7.05 Å². The van der Waals surface area contributed by atoms with Crippen LogP contribution in [0.15, 0.2) is 47.4 Å². The fraction of sp³-hybridized carbons (Fsp3) is 0.211. The van der Waals surface area contributed by atoms with Crippen LogP contribution in [0.4, 0.5) is 5.69 Å². The van der Waals surface area contributed by atoms with Gasteiger partial charge in [0, 0.05) is 19.7 Å². The van der Waals surface area contributed by atoms with Crippen molar-refractivity contribution in [2.75, 3.05) is 11.9 Å². The number of benzene rings is 1. The van der Waals surface area contributed by atoms with Crippen molar-refractivity contribution in [2.45, 2.75) is 12.8 Å². The van der Waals surface area contributed by atoms with Crippen molar-refractivity contribution in [3.8, 4) is 0 Å². The summed E-state index contributed by atoms with van der Waals surface area (Å²) in [6.07, 6.45) is 1.69. The lowest BCUT2D eigenvalue weighted by Crippen LogP contribution is -2.24. The molecule has 0 aliphatic carbocycles. The SMILES string of the molecule is Cn1c(CCC(=O)OCC(=O)Nc2cccnc2Cl)nc2ccccc2c1=O. The Morgan fingerprint density at radius 2 is 2.00 bits per heavy atom. The van der Waals surface area contributed by atoms with Crippen LogP contribution in [0.3, 0.4) is 0 Å². The second kappa shape index (κ2) is 8.62. The fourth-order valence-corrected chi connectivity index (χ4v) is 2.75. The zero-order chi connectivity index (χ0) is 20.1. The van der Waals surface area contributed by atoms with E-state index >= 15 is 0 Å². The average Bonchev–Trinajstić information content (AvgIpc) is 2.70. The second-order valence-corrected chi connectivity index (χ2v) is 6.32. The zero-order valence-electron chi connectivity index (χ0n) is 15.0. The predicted octanol–water partition coefficient (Wildman–Crippen LogP) is 2.10. The maximum absolute atomic E-state index is 12.3. The highest BCUT2D eigenvalue weighted by atomic mass is 35.5. The summed E-state index contributed by atoms with van der Waals surface area (Å²) in [5, 5.41) is 3.17. The number of para-hydroxylation sites is 1. The van der Waals surface area contributed by atoms with Gasteiger partial charge >= 0.3 is 5.97 Å². The van der Waals surface area contributed by atoms with Gasteiger partial charge in [0.1, 0.15) is 5.82 Å². The standard InChI is InChI=1S/C19H17ClN4O4/c1-24-15(22-13-6-3-2-5-12(13)19(24)27)8-9-17(26)28-11-16(25)23-14-7-4-10-21-18(14)20/h2-7,10H,8-9,11H2,1H3,(H,23,25). The van der Waals surface area contributed by atoms with Crippen LogP contribution in [-0.4, -0.2) is 33.0 Å². The van der Waals surface area contributed by atoms with Crippen LogP contribution in [0.2, 0.25) is 5.15 Å². The lowest BCUT2D eigenvalue weighted by Gasteiger charge is -2.09. The maximum atomic E-state index is 12.3. The summed E-state index contributed by atoms with van der Waals surface area (Å²) in [4.78, 5) is 44.4. The molecule has 0 aliphatic rings. The molecule has 0 bridgehead atoms. The first-order chi connectivity index (χ1) is 13.5. The molecule has 0 fully saturated rings. The topological polar surface area (TPSA) is 103 Å².